The van der Waals surface area contributed by atoms with Gasteiger partial charge in [-0.25, -0.2) is 22.9 Å². The van der Waals surface area contributed by atoms with Gasteiger partial charge < -0.3 is 9.88 Å². The lowest BCUT2D eigenvalue weighted by Crippen LogP contribution is -2.23. The van der Waals surface area contributed by atoms with Gasteiger partial charge >= 0.3 is 0 Å². The molecule has 0 bridgehead atoms. The molecule has 30 heavy (non-hydrogen) atoms. The average Bonchev–Trinajstić information content (AvgIpc) is 3.04. The molecule has 0 fully saturated rings. The van der Waals surface area contributed by atoms with Crippen LogP contribution in [0.1, 0.15) is 36.7 Å². The number of amides is 1. The van der Waals surface area contributed by atoms with Gasteiger partial charge in [0.15, 0.2) is 0 Å². The summed E-state index contributed by atoms with van der Waals surface area (Å²) in [7, 11) is -3.82. The first-order valence-electron chi connectivity index (χ1n) is 9.72. The number of halogens is 1. The van der Waals surface area contributed by atoms with Crippen molar-refractivity contribution in [1.82, 2.24) is 14.9 Å². The predicted molar refractivity (Wildman–Crippen MR) is 113 cm³/mol. The van der Waals surface area contributed by atoms with E-state index in [0.717, 1.165) is 11.9 Å². The van der Waals surface area contributed by atoms with Crippen molar-refractivity contribution in [3.05, 3.63) is 59.2 Å². The monoisotopic (exact) mass is 432 g/mol. The van der Waals surface area contributed by atoms with Gasteiger partial charge in [-0.05, 0) is 48.7 Å². The van der Waals surface area contributed by atoms with Gasteiger partial charge in [-0.1, -0.05) is 19.1 Å². The van der Waals surface area contributed by atoms with Crippen LogP contribution in [0.4, 0.5) is 4.39 Å². The van der Waals surface area contributed by atoms with Crippen LogP contribution in [0.3, 0.4) is 0 Å². The second-order valence-corrected chi connectivity index (χ2v) is 8.80. The number of sulfonamides is 1. The first kappa shape index (κ1) is 21.9. The molecule has 9 heteroatoms. The van der Waals surface area contributed by atoms with Crippen LogP contribution in [0.2, 0.25) is 0 Å². The van der Waals surface area contributed by atoms with Gasteiger partial charge in [-0.3, -0.25) is 4.79 Å². The summed E-state index contributed by atoms with van der Waals surface area (Å²) in [6.45, 7) is 4.66. The second-order valence-electron chi connectivity index (χ2n) is 7.24. The summed E-state index contributed by atoms with van der Waals surface area (Å²) in [5.41, 5.74) is 2.58. The third-order valence-electron chi connectivity index (χ3n) is 4.88. The summed E-state index contributed by atoms with van der Waals surface area (Å²) in [5.74, 6) is 0.236. The second kappa shape index (κ2) is 8.93. The summed E-state index contributed by atoms with van der Waals surface area (Å²) in [6.07, 6.45) is 1.47. The Morgan fingerprint density at radius 1 is 1.23 bits per heavy atom. The number of imidazole rings is 1. The quantitative estimate of drug-likeness (QED) is 0.571. The molecule has 3 aromatic rings. The first-order chi connectivity index (χ1) is 14.2. The van der Waals surface area contributed by atoms with E-state index in [1.54, 1.807) is 25.1 Å². The highest BCUT2D eigenvalue weighted by molar-refractivity contribution is 7.89. The fourth-order valence-corrected chi connectivity index (χ4v) is 3.79. The fourth-order valence-electron chi connectivity index (χ4n) is 3.26. The number of benzene rings is 2. The molecule has 0 aliphatic heterocycles. The minimum absolute atomic E-state index is 0.00534. The Hall–Kier alpha value is -2.78. The van der Waals surface area contributed by atoms with Gasteiger partial charge in [0, 0.05) is 25.9 Å². The number of hydrogen-bond acceptors (Lipinski definition) is 4. The topological polar surface area (TPSA) is 107 Å². The van der Waals surface area contributed by atoms with E-state index in [4.69, 9.17) is 5.14 Å². The molecule has 0 saturated carbocycles. The van der Waals surface area contributed by atoms with E-state index in [0.29, 0.717) is 35.4 Å². The van der Waals surface area contributed by atoms with Crippen molar-refractivity contribution in [3.63, 3.8) is 0 Å². The Balaban J connectivity index is 1.71. The summed E-state index contributed by atoms with van der Waals surface area (Å²) in [5, 5.41) is 8.00. The number of primary sulfonamides is 1. The fraction of sp³-hybridized carbons (Fsp3) is 0.333. The zero-order valence-electron chi connectivity index (χ0n) is 17.0. The maximum atomic E-state index is 13.6. The lowest BCUT2D eigenvalue weighted by atomic mass is 10.1. The number of hydrogen-bond donors (Lipinski definition) is 2. The van der Waals surface area contributed by atoms with E-state index < -0.39 is 10.0 Å². The SMILES string of the molecule is CCCn1c(CCC(=O)NCc2ccc(C)c(F)c2)nc2cc(S(N)(=O)=O)ccc21. The molecular weight excluding hydrogens is 407 g/mol. The van der Waals surface area contributed by atoms with Gasteiger partial charge in [0.2, 0.25) is 15.9 Å². The molecule has 1 heterocycles. The molecule has 0 aliphatic carbocycles. The largest absolute Gasteiger partial charge is 0.352 e. The highest BCUT2D eigenvalue weighted by Gasteiger charge is 2.15. The Labute approximate surface area is 175 Å². The molecule has 0 unspecified atom stereocenters. The smallest absolute Gasteiger partial charge is 0.238 e. The van der Waals surface area contributed by atoms with E-state index in [-0.39, 0.29) is 29.6 Å². The Bertz CT molecular complexity index is 1190. The van der Waals surface area contributed by atoms with Crippen molar-refractivity contribution < 1.29 is 17.6 Å². The number of nitrogens with one attached hydrogen (secondary N) is 1. The summed E-state index contributed by atoms with van der Waals surface area (Å²) >= 11 is 0. The van der Waals surface area contributed by atoms with Gasteiger partial charge in [-0.2, -0.15) is 0 Å². The predicted octanol–water partition coefficient (Wildman–Crippen LogP) is 2.79. The zero-order chi connectivity index (χ0) is 21.9. The number of carbonyl (C=O) groups is 1. The third kappa shape index (κ3) is 5.03. The van der Waals surface area contributed by atoms with Crippen molar-refractivity contribution in [1.29, 1.82) is 0 Å². The average molecular weight is 433 g/mol. The molecule has 1 amide bonds. The minimum atomic E-state index is -3.82. The van der Waals surface area contributed by atoms with Gasteiger partial charge in [0.1, 0.15) is 11.6 Å². The molecule has 3 N–H and O–H groups in total. The van der Waals surface area contributed by atoms with Gasteiger partial charge in [0.05, 0.1) is 15.9 Å². The molecule has 0 aliphatic rings. The van der Waals surface area contributed by atoms with Crippen LogP contribution in [0, 0.1) is 12.7 Å². The molecule has 0 radical (unpaired) electrons. The maximum Gasteiger partial charge on any atom is 0.238 e. The number of nitrogens with zero attached hydrogens (tertiary/aromatic N) is 2. The summed E-state index contributed by atoms with van der Waals surface area (Å²) < 4.78 is 38.8. The molecule has 2 aromatic carbocycles. The van der Waals surface area contributed by atoms with Crippen LogP contribution >= 0.6 is 0 Å². The Morgan fingerprint density at radius 2 is 2.00 bits per heavy atom. The molecule has 0 atom stereocenters. The molecule has 0 spiro atoms. The van der Waals surface area contributed by atoms with Gasteiger partial charge in [0.25, 0.3) is 0 Å². The number of aryl methyl sites for hydroxylation is 3. The van der Waals surface area contributed by atoms with Crippen molar-refractivity contribution in [2.75, 3.05) is 0 Å². The van der Waals surface area contributed by atoms with Gasteiger partial charge in [-0.15, -0.1) is 0 Å². The molecule has 0 saturated heterocycles. The van der Waals surface area contributed by atoms with E-state index in [2.05, 4.69) is 10.3 Å². The van der Waals surface area contributed by atoms with Crippen molar-refractivity contribution in [3.8, 4) is 0 Å². The highest BCUT2D eigenvalue weighted by Crippen LogP contribution is 2.21. The van der Waals surface area contributed by atoms with Crippen LogP contribution in [0.25, 0.3) is 11.0 Å². The van der Waals surface area contributed by atoms with Crippen LogP contribution in [0.5, 0.6) is 0 Å². The Kier molecular flexibility index (Phi) is 6.52. The third-order valence-corrected chi connectivity index (χ3v) is 5.79. The van der Waals surface area contributed by atoms with E-state index in [1.807, 2.05) is 11.5 Å². The van der Waals surface area contributed by atoms with Crippen molar-refractivity contribution in [2.45, 2.75) is 51.1 Å². The first-order valence-corrected chi connectivity index (χ1v) is 11.3. The number of carbonyl (C=O) groups excluding carboxylic acids is 1. The van der Waals surface area contributed by atoms with Crippen LogP contribution < -0.4 is 10.5 Å². The lowest BCUT2D eigenvalue weighted by molar-refractivity contribution is -0.121. The Morgan fingerprint density at radius 3 is 2.67 bits per heavy atom. The number of fused-ring (bicyclic) bond motifs is 1. The van der Waals surface area contributed by atoms with E-state index in [9.17, 15) is 17.6 Å². The minimum Gasteiger partial charge on any atom is -0.352 e. The van der Waals surface area contributed by atoms with Crippen LogP contribution in [-0.4, -0.2) is 23.9 Å². The van der Waals surface area contributed by atoms with E-state index >= 15 is 0 Å². The molecular formula is C21H25FN4O3S. The lowest BCUT2D eigenvalue weighted by Gasteiger charge is -2.09. The van der Waals surface area contributed by atoms with Crippen molar-refractivity contribution in [2.24, 2.45) is 5.14 Å². The summed E-state index contributed by atoms with van der Waals surface area (Å²) in [4.78, 5) is 16.8. The molecule has 7 nitrogen and oxygen atoms in total. The van der Waals surface area contributed by atoms with Crippen molar-refractivity contribution >= 4 is 27.0 Å². The number of nitrogens with two attached hydrogens (primary N) is 1. The molecule has 160 valence electrons. The normalized spacial score (nSPS) is 11.7. The highest BCUT2D eigenvalue weighted by atomic mass is 32.2. The van der Waals surface area contributed by atoms with E-state index in [1.165, 1.54) is 18.2 Å². The standard InChI is InChI=1S/C21H25FN4O3S/c1-3-10-26-19-7-6-16(30(23,28)29)12-18(19)25-20(26)8-9-21(27)24-13-15-5-4-14(2)17(22)11-15/h4-7,11-12H,3,8-10,13H2,1-2H3,(H,24,27)(H2,23,28,29). The van der Waals surface area contributed by atoms with Crippen LogP contribution in [-0.2, 0) is 34.3 Å². The van der Waals surface area contributed by atoms with Crippen LogP contribution in [0.15, 0.2) is 41.3 Å². The molecule has 1 aromatic heterocycles. The number of aromatic nitrogens is 2. The maximum absolute atomic E-state index is 13.6. The zero-order valence-corrected chi connectivity index (χ0v) is 17.8. The number of rotatable bonds is 8. The molecule has 3 rings (SSSR count). The summed E-state index contributed by atoms with van der Waals surface area (Å²) in [6, 6.07) is 9.48.